The first-order valence-electron chi connectivity index (χ1n) is 11.6. The molecule has 0 amide bonds. The van der Waals surface area contributed by atoms with E-state index < -0.39 is 69.7 Å². The number of carbonyl (C=O) groups excluding carboxylic acids is 4. The fourth-order valence-electron chi connectivity index (χ4n) is 7.40. The molecule has 34 heavy (non-hydrogen) atoms. The van der Waals surface area contributed by atoms with Crippen LogP contribution in [0.25, 0.3) is 0 Å². The fourth-order valence-corrected chi connectivity index (χ4v) is 7.89. The number of hydrogen-bond acceptors (Lipinski definition) is 7. The van der Waals surface area contributed by atoms with E-state index in [-0.39, 0.29) is 25.0 Å². The van der Waals surface area contributed by atoms with Crippen LogP contribution in [0.2, 0.25) is 0 Å². The highest BCUT2D eigenvalue weighted by molar-refractivity contribution is 6.23. The summed E-state index contributed by atoms with van der Waals surface area (Å²) in [4.78, 5) is 48.9. The average Bonchev–Trinajstić information content (AvgIpc) is 3.02. The predicted molar refractivity (Wildman–Crippen MR) is 120 cm³/mol. The van der Waals surface area contributed by atoms with Crippen molar-refractivity contribution >= 4 is 35.1 Å². The van der Waals surface area contributed by atoms with E-state index in [0.29, 0.717) is 12.0 Å². The van der Waals surface area contributed by atoms with Crippen molar-refractivity contribution in [3.05, 3.63) is 23.8 Å². The molecule has 0 unspecified atom stereocenters. The minimum Gasteiger partial charge on any atom is -0.458 e. The van der Waals surface area contributed by atoms with Crippen LogP contribution in [0.4, 0.5) is 4.39 Å². The monoisotopic (exact) mass is 496 g/mol. The molecule has 0 heterocycles. The second-order valence-electron chi connectivity index (χ2n) is 10.5. The molecule has 0 aromatic carbocycles. The van der Waals surface area contributed by atoms with Crippen LogP contribution >= 0.6 is 11.6 Å². The Morgan fingerprint density at radius 2 is 1.88 bits per heavy atom. The van der Waals surface area contributed by atoms with Crippen LogP contribution in [0.3, 0.4) is 0 Å². The quantitative estimate of drug-likeness (QED) is 0.471. The lowest BCUT2D eigenvalue weighted by atomic mass is 9.44. The third kappa shape index (κ3) is 3.17. The summed E-state index contributed by atoms with van der Waals surface area (Å²) in [5.41, 5.74) is -5.78. The number of aliphatic hydroxyl groups excluding tert-OH is 1. The Hall–Kier alpha value is -2.06. The van der Waals surface area contributed by atoms with E-state index in [0.717, 1.165) is 0 Å². The molecule has 4 aliphatic rings. The predicted octanol–water partition coefficient (Wildman–Crippen LogP) is 3.01. The smallest absolute Gasteiger partial charge is 0.303 e. The maximum absolute atomic E-state index is 17.2. The summed E-state index contributed by atoms with van der Waals surface area (Å²) in [6.07, 6.45) is 3.12. The van der Waals surface area contributed by atoms with Crippen LogP contribution in [-0.4, -0.2) is 58.0 Å². The van der Waals surface area contributed by atoms with Gasteiger partial charge < -0.3 is 14.6 Å². The molecular weight excluding hydrogens is 467 g/mol. The summed E-state index contributed by atoms with van der Waals surface area (Å²) in [5, 5.41) is 10.8. The van der Waals surface area contributed by atoms with Gasteiger partial charge >= 0.3 is 11.9 Å². The molecule has 0 spiro atoms. The van der Waals surface area contributed by atoms with E-state index >= 15 is 4.39 Å². The highest BCUT2D eigenvalue weighted by Crippen LogP contribution is 2.70. The van der Waals surface area contributed by atoms with Gasteiger partial charge in [-0.3, -0.25) is 19.2 Å². The van der Waals surface area contributed by atoms with Crippen molar-refractivity contribution in [2.24, 2.45) is 22.7 Å². The van der Waals surface area contributed by atoms with Gasteiger partial charge in [-0.2, -0.15) is 0 Å². The molecule has 3 saturated carbocycles. The number of esters is 2. The van der Waals surface area contributed by atoms with Gasteiger partial charge in [-0.05, 0) is 56.3 Å². The van der Waals surface area contributed by atoms with Gasteiger partial charge in [0.25, 0.3) is 0 Å². The van der Waals surface area contributed by atoms with Gasteiger partial charge in [0.05, 0.1) is 11.5 Å². The number of carbonyl (C=O) groups is 4. The Morgan fingerprint density at radius 3 is 2.50 bits per heavy atom. The molecule has 0 aromatic rings. The van der Waals surface area contributed by atoms with Crippen LogP contribution < -0.4 is 0 Å². The minimum atomic E-state index is -2.14. The molecule has 3 fully saturated rings. The van der Waals surface area contributed by atoms with Crippen molar-refractivity contribution < 1.29 is 38.1 Å². The molecular formula is C25H30ClFO7. The van der Waals surface area contributed by atoms with Crippen molar-refractivity contribution in [3.63, 3.8) is 0 Å². The summed E-state index contributed by atoms with van der Waals surface area (Å²) in [6.45, 7) is 5.16. The lowest BCUT2D eigenvalue weighted by molar-refractivity contribution is -0.224. The standard InChI is InChI=1S/C25H30ClFO7/c1-13(28)33-12-21(32)24(34-14(2)29)8-6-16-17-10-19(26)18-9-15(30)5-7-22(18,3)25(17,27)20(31)11-23(16,24)4/h5,7,9,16-17,19-20,31H,6,8,10-12H2,1-4H3/t16-,17-,19-,20-,22-,23-,24-,25-/m0/s1. The number of aliphatic hydroxyl groups is 1. The zero-order valence-corrected chi connectivity index (χ0v) is 20.5. The summed E-state index contributed by atoms with van der Waals surface area (Å²) >= 11 is 6.70. The number of allylic oxidation sites excluding steroid dienone is 4. The summed E-state index contributed by atoms with van der Waals surface area (Å²) < 4.78 is 27.8. The second-order valence-corrected chi connectivity index (χ2v) is 11.0. The average molecular weight is 497 g/mol. The molecule has 1 N–H and O–H groups in total. The van der Waals surface area contributed by atoms with Crippen molar-refractivity contribution in [2.75, 3.05) is 6.61 Å². The Balaban J connectivity index is 1.81. The number of hydrogen-bond donors (Lipinski definition) is 1. The molecule has 9 heteroatoms. The first kappa shape index (κ1) is 25.0. The Bertz CT molecular complexity index is 1020. The van der Waals surface area contributed by atoms with Crippen molar-refractivity contribution in [1.29, 1.82) is 0 Å². The number of rotatable bonds is 4. The minimum absolute atomic E-state index is 0.119. The Labute approximate surface area is 202 Å². The summed E-state index contributed by atoms with van der Waals surface area (Å²) in [5.74, 6) is -3.42. The SMILES string of the molecule is CC(=O)OCC(=O)[C@@]1(OC(C)=O)CC[C@H]2[C@@H]3C[C@H](Cl)C4=CC(=O)C=C[C@]4(C)[C@@]3(F)[C@@H](O)C[C@@]21C. The molecule has 0 saturated heterocycles. The Morgan fingerprint density at radius 1 is 1.21 bits per heavy atom. The van der Waals surface area contributed by atoms with Gasteiger partial charge in [0, 0.05) is 30.6 Å². The highest BCUT2D eigenvalue weighted by Gasteiger charge is 2.76. The first-order valence-corrected chi connectivity index (χ1v) is 12.0. The van der Waals surface area contributed by atoms with Gasteiger partial charge in [0.15, 0.2) is 23.7 Å². The van der Waals surface area contributed by atoms with E-state index in [1.807, 2.05) is 0 Å². The number of ether oxygens (including phenoxy) is 2. The van der Waals surface area contributed by atoms with Gasteiger partial charge in [-0.1, -0.05) is 13.0 Å². The maximum atomic E-state index is 17.2. The second kappa shape index (κ2) is 7.98. The highest BCUT2D eigenvalue weighted by atomic mass is 35.5. The third-order valence-electron chi connectivity index (χ3n) is 8.92. The summed E-state index contributed by atoms with van der Waals surface area (Å²) in [6, 6.07) is 0. The van der Waals surface area contributed by atoms with Crippen LogP contribution in [0, 0.1) is 22.7 Å². The third-order valence-corrected chi connectivity index (χ3v) is 9.34. The van der Waals surface area contributed by atoms with E-state index in [9.17, 15) is 24.3 Å². The van der Waals surface area contributed by atoms with Crippen LogP contribution in [0.1, 0.15) is 53.4 Å². The largest absolute Gasteiger partial charge is 0.458 e. The molecule has 0 radical (unpaired) electrons. The summed E-state index contributed by atoms with van der Waals surface area (Å²) in [7, 11) is 0. The zero-order chi connectivity index (χ0) is 25.3. The van der Waals surface area contributed by atoms with E-state index in [4.69, 9.17) is 21.1 Å². The van der Waals surface area contributed by atoms with Crippen molar-refractivity contribution in [3.8, 4) is 0 Å². The molecule has 4 rings (SSSR count). The number of alkyl halides is 2. The fraction of sp³-hybridized carbons (Fsp3) is 0.680. The van der Waals surface area contributed by atoms with Gasteiger partial charge in [-0.15, -0.1) is 11.6 Å². The number of ketones is 2. The van der Waals surface area contributed by atoms with Gasteiger partial charge in [0.1, 0.15) is 0 Å². The molecule has 0 aromatic heterocycles. The number of fused-ring (bicyclic) bond motifs is 5. The lowest BCUT2D eigenvalue weighted by Gasteiger charge is -2.63. The molecule has 8 atom stereocenters. The van der Waals surface area contributed by atoms with E-state index in [2.05, 4.69) is 0 Å². The van der Waals surface area contributed by atoms with Crippen molar-refractivity contribution in [1.82, 2.24) is 0 Å². The maximum Gasteiger partial charge on any atom is 0.303 e. The molecule has 0 aliphatic heterocycles. The van der Waals surface area contributed by atoms with Crippen molar-refractivity contribution in [2.45, 2.75) is 76.1 Å². The number of Topliss-reactive ketones (excluding diaryl/α,β-unsaturated/α-hetero) is 1. The number of halogens is 2. The first-order chi connectivity index (χ1) is 15.7. The normalized spacial score (nSPS) is 44.9. The lowest BCUT2D eigenvalue weighted by Crippen LogP contribution is -2.70. The molecule has 186 valence electrons. The Kier molecular flexibility index (Phi) is 5.88. The molecule has 0 bridgehead atoms. The molecule has 4 aliphatic carbocycles. The van der Waals surface area contributed by atoms with Crippen LogP contribution in [0.15, 0.2) is 23.8 Å². The topological polar surface area (TPSA) is 107 Å². The van der Waals surface area contributed by atoms with E-state index in [1.54, 1.807) is 13.8 Å². The van der Waals surface area contributed by atoms with Gasteiger partial charge in [0.2, 0.25) is 5.78 Å². The zero-order valence-electron chi connectivity index (χ0n) is 19.7. The molecule has 7 nitrogen and oxygen atoms in total. The van der Waals surface area contributed by atoms with E-state index in [1.165, 1.54) is 32.1 Å². The van der Waals surface area contributed by atoms with Crippen LogP contribution in [-0.2, 0) is 28.7 Å². The van der Waals surface area contributed by atoms with Gasteiger partial charge in [-0.25, -0.2) is 4.39 Å². The van der Waals surface area contributed by atoms with Crippen LogP contribution in [0.5, 0.6) is 0 Å².